The fourth-order valence-electron chi connectivity index (χ4n) is 2.22. The maximum absolute atomic E-state index is 12.4. The molecule has 3 heteroatoms. The number of carbonyl (C=O) groups excluding carboxylic acids is 1. The van der Waals surface area contributed by atoms with Gasteiger partial charge in [-0.15, -0.1) is 0 Å². The van der Waals surface area contributed by atoms with E-state index in [0.717, 1.165) is 11.1 Å². The highest BCUT2D eigenvalue weighted by atomic mass is 16.2. The van der Waals surface area contributed by atoms with Gasteiger partial charge >= 0.3 is 11.9 Å². The van der Waals surface area contributed by atoms with Gasteiger partial charge in [-0.05, 0) is 11.1 Å². The Morgan fingerprint density at radius 2 is 1.57 bits per heavy atom. The summed E-state index contributed by atoms with van der Waals surface area (Å²) in [4.78, 5) is 17.5. The summed E-state index contributed by atoms with van der Waals surface area (Å²) in [7, 11) is 1.75. The van der Waals surface area contributed by atoms with Crippen LogP contribution >= 0.6 is 0 Å². The number of benzene rings is 2. The van der Waals surface area contributed by atoms with Crippen LogP contribution in [0.5, 0.6) is 0 Å². The third kappa shape index (κ3) is 4.19. The number of likely N-dealkylation sites (N-methyl/N-ethyl adjacent to an activating group) is 1. The Morgan fingerprint density at radius 1 is 1.05 bits per heavy atom. The van der Waals surface area contributed by atoms with Crippen LogP contribution in [0.15, 0.2) is 60.7 Å². The second kappa shape index (κ2) is 7.25. The van der Waals surface area contributed by atoms with Crippen LogP contribution < -0.4 is 0 Å². The summed E-state index contributed by atoms with van der Waals surface area (Å²) in [6.45, 7) is 7.82. The first kappa shape index (κ1) is 14.8. The maximum Gasteiger partial charge on any atom is 0.306 e. The van der Waals surface area contributed by atoms with Gasteiger partial charge in [0.05, 0.1) is 6.42 Å². The van der Waals surface area contributed by atoms with Crippen molar-refractivity contribution in [2.24, 2.45) is 0 Å². The van der Waals surface area contributed by atoms with Gasteiger partial charge in [-0.1, -0.05) is 60.7 Å². The average Bonchev–Trinajstić information content (AvgIpc) is 2.54. The molecule has 21 heavy (non-hydrogen) atoms. The Kier molecular flexibility index (Phi) is 5.11. The van der Waals surface area contributed by atoms with E-state index in [1.54, 1.807) is 11.9 Å². The minimum absolute atomic E-state index is 0.127. The molecule has 0 radical (unpaired) electrons. The predicted octanol–water partition coefficient (Wildman–Crippen LogP) is 3.18. The van der Waals surface area contributed by atoms with Gasteiger partial charge in [-0.2, -0.15) is 0 Å². The van der Waals surface area contributed by atoms with Crippen molar-refractivity contribution in [3.63, 3.8) is 0 Å². The molecule has 0 aliphatic heterocycles. The highest BCUT2D eigenvalue weighted by molar-refractivity contribution is 5.83. The van der Waals surface area contributed by atoms with Crippen molar-refractivity contribution in [3.8, 4) is 0 Å². The van der Waals surface area contributed by atoms with Gasteiger partial charge in [-0.25, -0.2) is 6.57 Å². The fourth-order valence-corrected chi connectivity index (χ4v) is 2.22. The van der Waals surface area contributed by atoms with E-state index in [0.29, 0.717) is 13.0 Å². The quantitative estimate of drug-likeness (QED) is 0.771. The summed E-state index contributed by atoms with van der Waals surface area (Å²) < 4.78 is 0. The molecule has 3 nitrogen and oxygen atoms in total. The molecule has 2 aromatic rings. The van der Waals surface area contributed by atoms with Crippen LogP contribution in [0.25, 0.3) is 4.85 Å². The van der Waals surface area contributed by atoms with Crippen LogP contribution in [0.1, 0.15) is 11.1 Å². The number of amides is 1. The monoisotopic (exact) mass is 278 g/mol. The molecule has 0 aliphatic carbocycles. The van der Waals surface area contributed by atoms with Crippen LogP contribution in [0.4, 0.5) is 0 Å². The summed E-state index contributed by atoms with van der Waals surface area (Å²) in [5.74, 6) is -0.127. The molecule has 0 aromatic heterocycles. The molecule has 0 saturated carbocycles. The largest absolute Gasteiger partial charge is 0.335 e. The average molecular weight is 278 g/mol. The second-order valence-electron chi connectivity index (χ2n) is 5.01. The van der Waals surface area contributed by atoms with Crippen LogP contribution in [-0.4, -0.2) is 23.9 Å². The van der Waals surface area contributed by atoms with Crippen molar-refractivity contribution < 1.29 is 4.79 Å². The molecule has 2 rings (SSSR count). The smallest absolute Gasteiger partial charge is 0.306 e. The van der Waals surface area contributed by atoms with Gasteiger partial charge in [0.15, 0.2) is 0 Å². The van der Waals surface area contributed by atoms with Crippen molar-refractivity contribution in [1.29, 1.82) is 0 Å². The van der Waals surface area contributed by atoms with Gasteiger partial charge in [0.1, 0.15) is 0 Å². The topological polar surface area (TPSA) is 24.7 Å². The minimum Gasteiger partial charge on any atom is -0.335 e. The number of nitrogens with zero attached hydrogens (tertiary/aromatic N) is 2. The van der Waals surface area contributed by atoms with Crippen molar-refractivity contribution in [2.75, 3.05) is 7.05 Å². The fraction of sp³-hybridized carbons (Fsp3) is 0.222. The third-order valence-corrected chi connectivity index (χ3v) is 3.35. The number of hydrogen-bond donors (Lipinski definition) is 0. The molecule has 0 unspecified atom stereocenters. The van der Waals surface area contributed by atoms with Crippen molar-refractivity contribution in [2.45, 2.75) is 19.0 Å². The van der Waals surface area contributed by atoms with Gasteiger partial charge < -0.3 is 9.74 Å². The van der Waals surface area contributed by atoms with Gasteiger partial charge in [0, 0.05) is 13.6 Å². The van der Waals surface area contributed by atoms with E-state index < -0.39 is 6.04 Å². The van der Waals surface area contributed by atoms with E-state index >= 15 is 0 Å². The summed E-state index contributed by atoms with van der Waals surface area (Å²) in [6.07, 6.45) is 0.461. The standard InChI is InChI=1S/C18H18N2O/c1-19-17(13-15-9-5-3-6-10-15)18(21)20(2)14-16-11-7-4-8-12-16/h3-12,17H,13-14H2,2H3/t17-/m1/s1. The zero-order valence-corrected chi connectivity index (χ0v) is 12.1. The first-order valence-electron chi connectivity index (χ1n) is 6.90. The normalized spacial score (nSPS) is 11.4. The molecular formula is C18H18N2O. The highest BCUT2D eigenvalue weighted by Gasteiger charge is 2.27. The number of carbonyl (C=O) groups is 1. The lowest BCUT2D eigenvalue weighted by Gasteiger charge is -2.18. The molecule has 0 fully saturated rings. The summed E-state index contributed by atoms with van der Waals surface area (Å²) in [5, 5.41) is 0. The molecule has 2 aromatic carbocycles. The molecule has 1 atom stereocenters. The maximum atomic E-state index is 12.4. The van der Waals surface area contributed by atoms with E-state index in [1.807, 2.05) is 60.7 Å². The molecule has 0 aliphatic rings. The van der Waals surface area contributed by atoms with Gasteiger partial charge in [0.2, 0.25) is 0 Å². The van der Waals surface area contributed by atoms with Crippen LogP contribution in [0.3, 0.4) is 0 Å². The van der Waals surface area contributed by atoms with Gasteiger partial charge in [-0.3, -0.25) is 4.79 Å². The first-order chi connectivity index (χ1) is 10.2. The minimum atomic E-state index is -0.652. The summed E-state index contributed by atoms with van der Waals surface area (Å²) in [5.41, 5.74) is 2.08. The lowest BCUT2D eigenvalue weighted by Crippen LogP contribution is -2.35. The number of rotatable bonds is 5. The third-order valence-electron chi connectivity index (χ3n) is 3.35. The zero-order valence-electron chi connectivity index (χ0n) is 12.1. The summed E-state index contributed by atoms with van der Waals surface area (Å²) >= 11 is 0. The Labute approximate surface area is 125 Å². The van der Waals surface area contributed by atoms with Crippen LogP contribution in [0, 0.1) is 6.57 Å². The molecule has 0 bridgehead atoms. The number of hydrogen-bond acceptors (Lipinski definition) is 1. The predicted molar refractivity (Wildman–Crippen MR) is 83.5 cm³/mol. The molecule has 1 amide bonds. The lowest BCUT2D eigenvalue weighted by molar-refractivity contribution is -0.130. The van der Waals surface area contributed by atoms with Crippen LogP contribution in [0.2, 0.25) is 0 Å². The first-order valence-corrected chi connectivity index (χ1v) is 6.90. The zero-order chi connectivity index (χ0) is 15.1. The van der Waals surface area contributed by atoms with Crippen molar-refractivity contribution in [1.82, 2.24) is 4.90 Å². The van der Waals surface area contributed by atoms with E-state index in [2.05, 4.69) is 4.85 Å². The Balaban J connectivity index is 2.01. The van der Waals surface area contributed by atoms with E-state index in [9.17, 15) is 4.79 Å². The Bertz CT molecular complexity index is 617. The molecular weight excluding hydrogens is 260 g/mol. The Hall–Kier alpha value is -2.60. The highest BCUT2D eigenvalue weighted by Crippen LogP contribution is 2.10. The van der Waals surface area contributed by atoms with Gasteiger partial charge in [0.25, 0.3) is 0 Å². The molecule has 0 saturated heterocycles. The molecule has 0 heterocycles. The van der Waals surface area contributed by atoms with Crippen LogP contribution in [-0.2, 0) is 17.8 Å². The van der Waals surface area contributed by atoms with E-state index in [1.165, 1.54) is 0 Å². The summed E-state index contributed by atoms with van der Waals surface area (Å²) in [6, 6.07) is 18.8. The Morgan fingerprint density at radius 3 is 2.10 bits per heavy atom. The molecule has 0 spiro atoms. The van der Waals surface area contributed by atoms with Crippen molar-refractivity contribution in [3.05, 3.63) is 83.2 Å². The molecule has 106 valence electrons. The van der Waals surface area contributed by atoms with E-state index in [4.69, 9.17) is 6.57 Å². The molecule has 0 N–H and O–H groups in total. The SMILES string of the molecule is [C-]#[N+][C@H](Cc1ccccc1)C(=O)N(C)Cc1ccccc1. The lowest BCUT2D eigenvalue weighted by atomic mass is 10.1. The van der Waals surface area contributed by atoms with Crippen molar-refractivity contribution >= 4 is 5.91 Å². The second-order valence-corrected chi connectivity index (χ2v) is 5.01. The van der Waals surface area contributed by atoms with E-state index in [-0.39, 0.29) is 5.91 Å².